The van der Waals surface area contributed by atoms with E-state index in [1.165, 1.54) is 18.9 Å². The van der Waals surface area contributed by atoms with Gasteiger partial charge >= 0.3 is 0 Å². The van der Waals surface area contributed by atoms with E-state index in [9.17, 15) is 14.4 Å². The topological polar surface area (TPSA) is 116 Å². The Morgan fingerprint density at radius 3 is 2.21 bits per heavy atom. The van der Waals surface area contributed by atoms with Crippen LogP contribution in [0, 0.1) is 0 Å². The molecule has 1 aliphatic rings. The molecular weight excluding hydrogens is 360 g/mol. The van der Waals surface area contributed by atoms with E-state index in [0.717, 1.165) is 0 Å². The van der Waals surface area contributed by atoms with Gasteiger partial charge in [0, 0.05) is 19.5 Å². The molecule has 2 N–H and O–H groups in total. The van der Waals surface area contributed by atoms with Crippen molar-refractivity contribution in [1.29, 1.82) is 0 Å². The molecule has 1 aliphatic heterocycles. The van der Waals surface area contributed by atoms with Crippen LogP contribution in [0.25, 0.3) is 0 Å². The number of rotatable bonds is 4. The van der Waals surface area contributed by atoms with Crippen LogP contribution in [0.3, 0.4) is 0 Å². The van der Waals surface area contributed by atoms with Crippen molar-refractivity contribution in [3.05, 3.63) is 54.6 Å². The summed E-state index contributed by atoms with van der Waals surface area (Å²) in [5, 5.41) is 18.7. The van der Waals surface area contributed by atoms with E-state index in [-0.39, 0.29) is 17.6 Å². The van der Waals surface area contributed by atoms with E-state index in [2.05, 4.69) is 26.0 Å². The number of anilines is 2. The molecule has 0 spiro atoms. The fourth-order valence-electron chi connectivity index (χ4n) is 2.52. The van der Waals surface area contributed by atoms with E-state index in [1.54, 1.807) is 48.5 Å². The van der Waals surface area contributed by atoms with Crippen molar-refractivity contribution in [2.45, 2.75) is 19.9 Å². The number of benzene rings is 2. The van der Waals surface area contributed by atoms with Gasteiger partial charge in [0.25, 0.3) is 5.91 Å². The smallest absolute Gasteiger partial charge is 0.282 e. The standard InChI is InChI=1S/C19H18N6O3/c1-12(26)20-14-8-10-15(11-9-14)22-23-17-18(21-13(2)27)24-25(19(17)28)16-6-4-3-5-7-16/h3-11,17H,1-2H3,(H,20,26)(H,21,24,27). The number of hydrogen-bond acceptors (Lipinski definition) is 6. The van der Waals surface area contributed by atoms with Crippen molar-refractivity contribution in [1.82, 2.24) is 5.32 Å². The quantitative estimate of drug-likeness (QED) is 0.797. The van der Waals surface area contributed by atoms with Gasteiger partial charge in [0.15, 0.2) is 5.84 Å². The molecule has 0 aromatic heterocycles. The van der Waals surface area contributed by atoms with Crippen LogP contribution in [0.1, 0.15) is 13.8 Å². The zero-order valence-corrected chi connectivity index (χ0v) is 15.3. The van der Waals surface area contributed by atoms with Crippen molar-refractivity contribution in [2.75, 3.05) is 10.3 Å². The van der Waals surface area contributed by atoms with Crippen LogP contribution in [0.4, 0.5) is 17.1 Å². The third-order valence-corrected chi connectivity index (χ3v) is 3.69. The van der Waals surface area contributed by atoms with Gasteiger partial charge in [0.1, 0.15) is 0 Å². The van der Waals surface area contributed by atoms with Gasteiger partial charge in [-0.2, -0.15) is 15.2 Å². The SMILES string of the molecule is CC(=O)NC1=NN(c2ccccc2)C(=O)C1N=Nc1ccc(NC(C)=O)cc1. The summed E-state index contributed by atoms with van der Waals surface area (Å²) in [7, 11) is 0. The first-order chi connectivity index (χ1) is 13.4. The largest absolute Gasteiger partial charge is 0.326 e. The Kier molecular flexibility index (Phi) is 5.54. The summed E-state index contributed by atoms with van der Waals surface area (Å²) in [4.78, 5) is 35.3. The maximum Gasteiger partial charge on any atom is 0.282 e. The second kappa shape index (κ2) is 8.21. The zero-order chi connectivity index (χ0) is 20.1. The first-order valence-electron chi connectivity index (χ1n) is 8.47. The number of carbonyl (C=O) groups is 3. The molecule has 3 amide bonds. The van der Waals surface area contributed by atoms with Crippen LogP contribution in [0.15, 0.2) is 69.9 Å². The second-order valence-electron chi connectivity index (χ2n) is 6.00. The summed E-state index contributed by atoms with van der Waals surface area (Å²) in [6, 6.07) is 14.4. The van der Waals surface area contributed by atoms with Gasteiger partial charge in [0.05, 0.1) is 11.4 Å². The molecule has 9 heteroatoms. The van der Waals surface area contributed by atoms with Crippen molar-refractivity contribution >= 4 is 40.6 Å². The molecule has 2 aromatic rings. The lowest BCUT2D eigenvalue weighted by atomic mass is 10.2. The van der Waals surface area contributed by atoms with E-state index in [4.69, 9.17) is 0 Å². The van der Waals surface area contributed by atoms with Crippen molar-refractivity contribution in [2.24, 2.45) is 15.3 Å². The highest BCUT2D eigenvalue weighted by Gasteiger charge is 2.37. The average molecular weight is 378 g/mol. The molecule has 28 heavy (non-hydrogen) atoms. The first-order valence-corrected chi connectivity index (χ1v) is 8.47. The van der Waals surface area contributed by atoms with Gasteiger partial charge in [-0.3, -0.25) is 14.4 Å². The number of hydrogen-bond donors (Lipinski definition) is 2. The number of para-hydroxylation sites is 1. The second-order valence-corrected chi connectivity index (χ2v) is 6.00. The van der Waals surface area contributed by atoms with Crippen LogP contribution in [-0.2, 0) is 14.4 Å². The van der Waals surface area contributed by atoms with Crippen molar-refractivity contribution in [3.8, 4) is 0 Å². The number of carbonyl (C=O) groups excluding carboxylic acids is 3. The summed E-state index contributed by atoms with van der Waals surface area (Å²) >= 11 is 0. The Bertz CT molecular complexity index is 953. The summed E-state index contributed by atoms with van der Waals surface area (Å²) < 4.78 is 0. The maximum atomic E-state index is 12.8. The lowest BCUT2D eigenvalue weighted by molar-refractivity contribution is -0.118. The summed E-state index contributed by atoms with van der Waals surface area (Å²) in [5.74, 6) is -0.849. The molecule has 1 atom stereocenters. The van der Waals surface area contributed by atoms with E-state index >= 15 is 0 Å². The molecule has 0 saturated heterocycles. The Morgan fingerprint density at radius 2 is 1.61 bits per heavy atom. The van der Waals surface area contributed by atoms with E-state index in [1.807, 2.05) is 6.07 Å². The Morgan fingerprint density at radius 1 is 0.964 bits per heavy atom. The zero-order valence-electron chi connectivity index (χ0n) is 15.3. The number of hydrazone groups is 1. The van der Waals surface area contributed by atoms with Crippen LogP contribution in [0.5, 0.6) is 0 Å². The Hall–Kier alpha value is -3.88. The molecule has 1 unspecified atom stereocenters. The van der Waals surface area contributed by atoms with Crippen molar-refractivity contribution in [3.63, 3.8) is 0 Å². The van der Waals surface area contributed by atoms with Crippen LogP contribution in [-0.4, -0.2) is 29.6 Å². The third-order valence-electron chi connectivity index (χ3n) is 3.69. The summed E-state index contributed by atoms with van der Waals surface area (Å²) in [6.07, 6.45) is 0. The van der Waals surface area contributed by atoms with Gasteiger partial charge in [-0.05, 0) is 36.4 Å². The number of amidine groups is 1. The van der Waals surface area contributed by atoms with Crippen LogP contribution in [0.2, 0.25) is 0 Å². The number of azo groups is 1. The number of amides is 3. The lowest BCUT2D eigenvalue weighted by Crippen LogP contribution is -2.38. The van der Waals surface area contributed by atoms with Crippen LogP contribution < -0.4 is 15.6 Å². The summed E-state index contributed by atoms with van der Waals surface area (Å²) in [5.41, 5.74) is 1.68. The van der Waals surface area contributed by atoms with Gasteiger partial charge < -0.3 is 10.6 Å². The molecule has 2 aromatic carbocycles. The molecule has 9 nitrogen and oxygen atoms in total. The molecule has 0 radical (unpaired) electrons. The minimum absolute atomic E-state index is 0.111. The minimum atomic E-state index is -1.06. The highest BCUT2D eigenvalue weighted by atomic mass is 16.2. The van der Waals surface area contributed by atoms with Gasteiger partial charge in [-0.1, -0.05) is 18.2 Å². The van der Waals surface area contributed by atoms with Gasteiger partial charge in [0.2, 0.25) is 17.9 Å². The van der Waals surface area contributed by atoms with Crippen molar-refractivity contribution < 1.29 is 14.4 Å². The molecule has 0 aliphatic carbocycles. The van der Waals surface area contributed by atoms with E-state index < -0.39 is 11.9 Å². The lowest BCUT2D eigenvalue weighted by Gasteiger charge is -2.11. The monoisotopic (exact) mass is 378 g/mol. The molecule has 0 fully saturated rings. The average Bonchev–Trinajstić information content (AvgIpc) is 2.96. The van der Waals surface area contributed by atoms with Gasteiger partial charge in [-0.25, -0.2) is 0 Å². The number of nitrogens with one attached hydrogen (secondary N) is 2. The molecule has 142 valence electrons. The maximum absolute atomic E-state index is 12.8. The Labute approximate surface area is 161 Å². The molecule has 0 bridgehead atoms. The highest BCUT2D eigenvalue weighted by Crippen LogP contribution is 2.23. The van der Waals surface area contributed by atoms with Gasteiger partial charge in [-0.15, -0.1) is 5.10 Å². The predicted octanol–water partition coefficient (Wildman–Crippen LogP) is 2.59. The molecule has 3 rings (SSSR count). The summed E-state index contributed by atoms with van der Waals surface area (Å²) in [6.45, 7) is 2.74. The highest BCUT2D eigenvalue weighted by molar-refractivity contribution is 6.21. The first kappa shape index (κ1) is 18.9. The Balaban J connectivity index is 1.81. The van der Waals surface area contributed by atoms with E-state index in [0.29, 0.717) is 17.1 Å². The fourth-order valence-corrected chi connectivity index (χ4v) is 2.52. The fraction of sp³-hybridized carbons (Fsp3) is 0.158. The predicted molar refractivity (Wildman–Crippen MR) is 104 cm³/mol. The third kappa shape index (κ3) is 4.44. The normalized spacial score (nSPS) is 16.2. The molecule has 1 heterocycles. The minimum Gasteiger partial charge on any atom is -0.326 e. The van der Waals surface area contributed by atoms with Crippen LogP contribution >= 0.6 is 0 Å². The molecule has 0 saturated carbocycles. The number of nitrogens with zero attached hydrogens (tertiary/aromatic N) is 4. The molecular formula is C19H18N6O3.